The van der Waals surface area contributed by atoms with Crippen molar-refractivity contribution in [1.29, 1.82) is 0 Å². The van der Waals surface area contributed by atoms with Crippen LogP contribution in [0.5, 0.6) is 0 Å². The molecule has 0 spiro atoms. The number of esters is 1. The number of hydrogen-bond donors (Lipinski definition) is 1. The van der Waals surface area contributed by atoms with E-state index in [2.05, 4.69) is 17.3 Å². The monoisotopic (exact) mass is 417 g/mol. The fourth-order valence-corrected chi connectivity index (χ4v) is 3.64. The zero-order valence-electron chi connectivity index (χ0n) is 16.5. The molecule has 1 aromatic carbocycles. The Morgan fingerprint density at radius 3 is 2.62 bits per heavy atom. The summed E-state index contributed by atoms with van der Waals surface area (Å²) in [5, 5.41) is 7.60. The number of aryl methyl sites for hydroxylation is 1. The van der Waals surface area contributed by atoms with Crippen LogP contribution in [0, 0.1) is 12.8 Å². The van der Waals surface area contributed by atoms with Gasteiger partial charge in [0.15, 0.2) is 6.61 Å². The molecule has 7 nitrogen and oxygen atoms in total. The first-order valence-corrected chi connectivity index (χ1v) is 10.1. The average molecular weight is 418 g/mol. The zero-order chi connectivity index (χ0) is 21.0. The van der Waals surface area contributed by atoms with E-state index >= 15 is 0 Å². The van der Waals surface area contributed by atoms with Gasteiger partial charge in [0.1, 0.15) is 0 Å². The van der Waals surface area contributed by atoms with Crippen LogP contribution in [0.25, 0.3) is 5.69 Å². The Hall–Kier alpha value is -2.67. The normalized spacial score (nSPS) is 18.9. The van der Waals surface area contributed by atoms with Crippen molar-refractivity contribution in [2.45, 2.75) is 45.6 Å². The predicted molar refractivity (Wildman–Crippen MR) is 109 cm³/mol. The third-order valence-electron chi connectivity index (χ3n) is 5.16. The molecule has 0 unspecified atom stereocenters. The van der Waals surface area contributed by atoms with Crippen LogP contribution in [0.3, 0.4) is 0 Å². The number of ether oxygens (including phenoxy) is 1. The van der Waals surface area contributed by atoms with Gasteiger partial charge in [-0.25, -0.2) is 9.48 Å². The second-order valence-electron chi connectivity index (χ2n) is 7.40. The van der Waals surface area contributed by atoms with Crippen molar-refractivity contribution in [3.8, 4) is 5.69 Å². The van der Waals surface area contributed by atoms with Crippen LogP contribution in [0.15, 0.2) is 35.1 Å². The summed E-state index contributed by atoms with van der Waals surface area (Å²) >= 11 is 5.90. The summed E-state index contributed by atoms with van der Waals surface area (Å²) in [5.41, 5.74) is 0.270. The van der Waals surface area contributed by atoms with Crippen molar-refractivity contribution in [3.63, 3.8) is 0 Å². The Morgan fingerprint density at radius 2 is 1.93 bits per heavy atom. The number of benzene rings is 1. The molecule has 29 heavy (non-hydrogen) atoms. The van der Waals surface area contributed by atoms with Crippen LogP contribution >= 0.6 is 11.6 Å². The highest BCUT2D eigenvalue weighted by Crippen LogP contribution is 2.23. The molecule has 3 rings (SSSR count). The Labute approximate surface area is 174 Å². The highest BCUT2D eigenvalue weighted by molar-refractivity contribution is 6.30. The van der Waals surface area contributed by atoms with Crippen LogP contribution < -0.4 is 10.7 Å². The van der Waals surface area contributed by atoms with Gasteiger partial charge in [-0.1, -0.05) is 31.4 Å². The molecule has 0 bridgehead atoms. The number of nitrogens with zero attached hydrogens (tertiary/aromatic N) is 2. The molecular formula is C21H24ClN3O4. The SMILES string of the molecule is Cc1cc(=O)c(C(=O)OCC(=O)N[C@@H]2CCCC[C@H]2C)nn1-c1ccc(Cl)cc1. The minimum atomic E-state index is -0.926. The average Bonchev–Trinajstić information content (AvgIpc) is 2.69. The number of carbonyl (C=O) groups is 2. The smallest absolute Gasteiger partial charge is 0.363 e. The van der Waals surface area contributed by atoms with Crippen LogP contribution in [0.1, 0.15) is 48.8 Å². The van der Waals surface area contributed by atoms with Crippen LogP contribution in [0.4, 0.5) is 0 Å². The van der Waals surface area contributed by atoms with Crippen molar-refractivity contribution in [2.24, 2.45) is 5.92 Å². The van der Waals surface area contributed by atoms with E-state index in [9.17, 15) is 14.4 Å². The molecule has 1 heterocycles. The van der Waals surface area contributed by atoms with E-state index < -0.39 is 18.0 Å². The summed E-state index contributed by atoms with van der Waals surface area (Å²) in [6, 6.07) is 8.22. The lowest BCUT2D eigenvalue weighted by Crippen LogP contribution is -2.43. The van der Waals surface area contributed by atoms with Crippen molar-refractivity contribution < 1.29 is 14.3 Å². The van der Waals surface area contributed by atoms with Gasteiger partial charge in [-0.2, -0.15) is 5.10 Å². The highest BCUT2D eigenvalue weighted by atomic mass is 35.5. The molecule has 2 atom stereocenters. The Bertz CT molecular complexity index is 955. The highest BCUT2D eigenvalue weighted by Gasteiger charge is 2.24. The molecular weight excluding hydrogens is 394 g/mol. The van der Waals surface area contributed by atoms with E-state index in [1.165, 1.54) is 17.2 Å². The molecule has 1 N–H and O–H groups in total. The molecule has 1 aromatic heterocycles. The van der Waals surface area contributed by atoms with E-state index in [0.717, 1.165) is 19.3 Å². The minimum Gasteiger partial charge on any atom is -0.451 e. The zero-order valence-corrected chi connectivity index (χ0v) is 17.2. The Morgan fingerprint density at radius 1 is 1.24 bits per heavy atom. The van der Waals surface area contributed by atoms with Crippen molar-refractivity contribution in [2.75, 3.05) is 6.61 Å². The molecule has 0 radical (unpaired) electrons. The van der Waals surface area contributed by atoms with E-state index in [1.54, 1.807) is 31.2 Å². The predicted octanol–water partition coefficient (Wildman–Crippen LogP) is 3.05. The minimum absolute atomic E-state index is 0.0922. The molecule has 2 aromatic rings. The van der Waals surface area contributed by atoms with Gasteiger partial charge in [0.05, 0.1) is 5.69 Å². The maximum Gasteiger partial charge on any atom is 0.363 e. The molecule has 0 aliphatic heterocycles. The topological polar surface area (TPSA) is 90.3 Å². The number of rotatable bonds is 5. The third kappa shape index (κ3) is 5.23. The quantitative estimate of drug-likeness (QED) is 0.755. The first-order chi connectivity index (χ1) is 13.8. The van der Waals surface area contributed by atoms with Crippen LogP contribution in [0.2, 0.25) is 5.02 Å². The first-order valence-electron chi connectivity index (χ1n) is 9.68. The molecule has 0 saturated heterocycles. The van der Waals surface area contributed by atoms with Crippen molar-refractivity contribution in [1.82, 2.24) is 15.1 Å². The summed E-state index contributed by atoms with van der Waals surface area (Å²) in [6.07, 6.45) is 4.24. The molecule has 1 aliphatic carbocycles. The molecule has 8 heteroatoms. The fourth-order valence-electron chi connectivity index (χ4n) is 3.51. The molecule has 1 aliphatic rings. The molecule has 1 saturated carbocycles. The largest absolute Gasteiger partial charge is 0.451 e. The summed E-state index contributed by atoms with van der Waals surface area (Å²) in [5.74, 6) is -0.902. The lowest BCUT2D eigenvalue weighted by atomic mass is 9.86. The van der Waals surface area contributed by atoms with Gasteiger partial charge in [0.25, 0.3) is 5.91 Å². The summed E-state index contributed by atoms with van der Waals surface area (Å²) in [7, 11) is 0. The molecule has 1 amide bonds. The Balaban J connectivity index is 1.68. The van der Waals surface area contributed by atoms with Gasteiger partial charge in [-0.3, -0.25) is 9.59 Å². The first kappa shape index (κ1) is 21.0. The number of hydrogen-bond acceptors (Lipinski definition) is 5. The van der Waals surface area contributed by atoms with Gasteiger partial charge >= 0.3 is 5.97 Å². The standard InChI is InChI=1S/C21H24ClN3O4/c1-13-5-3-4-6-17(13)23-19(27)12-29-21(28)20-18(26)11-14(2)25(24-20)16-9-7-15(22)8-10-16/h7-11,13,17H,3-6,12H2,1-2H3,(H,23,27)/t13-,17-/m1/s1. The molecule has 1 fully saturated rings. The van der Waals surface area contributed by atoms with E-state index in [-0.39, 0.29) is 17.6 Å². The lowest BCUT2D eigenvalue weighted by molar-refractivity contribution is -0.125. The number of amides is 1. The number of carbonyl (C=O) groups excluding carboxylic acids is 2. The number of halogens is 1. The van der Waals surface area contributed by atoms with E-state index in [4.69, 9.17) is 16.3 Å². The number of nitrogens with one attached hydrogen (secondary N) is 1. The van der Waals surface area contributed by atoms with E-state index in [1.807, 2.05) is 0 Å². The van der Waals surface area contributed by atoms with Crippen molar-refractivity contribution >= 4 is 23.5 Å². The number of aromatic nitrogens is 2. The second kappa shape index (κ2) is 9.22. The van der Waals surface area contributed by atoms with Gasteiger partial charge in [-0.05, 0) is 49.9 Å². The summed E-state index contributed by atoms with van der Waals surface area (Å²) in [6.45, 7) is 3.36. The third-order valence-corrected chi connectivity index (χ3v) is 5.42. The Kier molecular flexibility index (Phi) is 6.69. The summed E-state index contributed by atoms with van der Waals surface area (Å²) in [4.78, 5) is 36.7. The van der Waals surface area contributed by atoms with Gasteiger partial charge in [0, 0.05) is 22.8 Å². The van der Waals surface area contributed by atoms with Gasteiger partial charge in [-0.15, -0.1) is 0 Å². The molecule has 154 valence electrons. The van der Waals surface area contributed by atoms with Gasteiger partial charge < -0.3 is 10.1 Å². The van der Waals surface area contributed by atoms with Crippen LogP contribution in [-0.4, -0.2) is 34.3 Å². The second-order valence-corrected chi connectivity index (χ2v) is 7.84. The maximum atomic E-state index is 12.4. The summed E-state index contributed by atoms with van der Waals surface area (Å²) < 4.78 is 6.51. The van der Waals surface area contributed by atoms with Gasteiger partial charge in [0.2, 0.25) is 11.1 Å². The van der Waals surface area contributed by atoms with Crippen LogP contribution in [-0.2, 0) is 9.53 Å². The lowest BCUT2D eigenvalue weighted by Gasteiger charge is -2.29. The maximum absolute atomic E-state index is 12.4. The van der Waals surface area contributed by atoms with Crippen molar-refractivity contribution in [3.05, 3.63) is 57.0 Å². The fraction of sp³-hybridized carbons (Fsp3) is 0.429. The van der Waals surface area contributed by atoms with E-state index in [0.29, 0.717) is 22.3 Å².